The van der Waals surface area contributed by atoms with Crippen LogP contribution >= 0.6 is 0 Å². The van der Waals surface area contributed by atoms with Crippen molar-refractivity contribution in [2.75, 3.05) is 20.1 Å². The molecule has 3 heteroatoms. The van der Waals surface area contributed by atoms with E-state index in [1.54, 1.807) is 7.05 Å². The highest BCUT2D eigenvalue weighted by Crippen LogP contribution is 1.96. The van der Waals surface area contributed by atoms with E-state index in [-0.39, 0.29) is 0 Å². The lowest BCUT2D eigenvalue weighted by Gasteiger charge is -2.08. The number of nitrogens with two attached hydrogens (primary N) is 1. The third-order valence-electron chi connectivity index (χ3n) is 1.21. The Morgan fingerprint density at radius 1 is 1.22 bits per heavy atom. The molecule has 0 radical (unpaired) electrons. The molecule has 0 bridgehead atoms. The third kappa shape index (κ3) is 7.88. The lowest BCUT2D eigenvalue weighted by Crippen LogP contribution is -2.21. The molecule has 0 aromatic rings. The van der Waals surface area contributed by atoms with Gasteiger partial charge in [0.2, 0.25) is 0 Å². The lowest BCUT2D eigenvalue weighted by atomic mass is 10.2. The van der Waals surface area contributed by atoms with Crippen molar-refractivity contribution in [2.45, 2.75) is 19.3 Å². The van der Waals surface area contributed by atoms with Gasteiger partial charge in [-0.2, -0.15) is 0 Å². The average molecular weight is 131 g/mol. The quantitative estimate of drug-likeness (QED) is 0.316. The summed E-state index contributed by atoms with van der Waals surface area (Å²) < 4.78 is 0. The molecular weight excluding hydrogens is 114 g/mol. The number of hydrogen-bond donors (Lipinski definition) is 3. The summed E-state index contributed by atoms with van der Waals surface area (Å²) in [6, 6.07) is 0. The number of hydrazine groups is 1. The Balaban J connectivity index is 0.000000187. The van der Waals surface area contributed by atoms with Crippen LogP contribution < -0.4 is 16.6 Å². The van der Waals surface area contributed by atoms with Crippen LogP contribution in [-0.2, 0) is 0 Å². The van der Waals surface area contributed by atoms with Gasteiger partial charge in [-0.05, 0) is 33.0 Å². The van der Waals surface area contributed by atoms with Crippen molar-refractivity contribution in [1.29, 1.82) is 0 Å². The zero-order chi connectivity index (χ0) is 6.95. The summed E-state index contributed by atoms with van der Waals surface area (Å²) in [5, 5.41) is 3.28. The standard InChI is InChI=1S/C5H11N.CH6N2/c1-2-4-6-5-3-1;1-3-2/h6H,1-5H2;3H,2H2,1H3. The highest BCUT2D eigenvalue weighted by atomic mass is 15.2. The molecule has 0 amide bonds. The van der Waals surface area contributed by atoms with Crippen molar-refractivity contribution < 1.29 is 0 Å². The molecule has 1 heterocycles. The Labute approximate surface area is 57.0 Å². The second kappa shape index (κ2) is 7.88. The van der Waals surface area contributed by atoms with Crippen molar-refractivity contribution in [2.24, 2.45) is 5.84 Å². The van der Waals surface area contributed by atoms with Crippen molar-refractivity contribution in [3.05, 3.63) is 0 Å². The van der Waals surface area contributed by atoms with Gasteiger partial charge in [0.05, 0.1) is 0 Å². The van der Waals surface area contributed by atoms with Gasteiger partial charge >= 0.3 is 0 Å². The minimum Gasteiger partial charge on any atom is -0.317 e. The van der Waals surface area contributed by atoms with Crippen LogP contribution in [-0.4, -0.2) is 20.1 Å². The normalized spacial score (nSPS) is 18.0. The van der Waals surface area contributed by atoms with E-state index in [9.17, 15) is 0 Å². The van der Waals surface area contributed by atoms with Crippen molar-refractivity contribution >= 4 is 0 Å². The molecule has 3 nitrogen and oxygen atoms in total. The molecule has 1 aliphatic heterocycles. The lowest BCUT2D eigenvalue weighted by molar-refractivity contribution is 0.520. The Morgan fingerprint density at radius 3 is 1.78 bits per heavy atom. The number of nitrogens with one attached hydrogen (secondary N) is 2. The Hall–Kier alpha value is -0.120. The molecule has 1 saturated heterocycles. The van der Waals surface area contributed by atoms with E-state index in [0.717, 1.165) is 0 Å². The van der Waals surface area contributed by atoms with Gasteiger partial charge < -0.3 is 5.32 Å². The van der Waals surface area contributed by atoms with E-state index >= 15 is 0 Å². The second-order valence-corrected chi connectivity index (χ2v) is 2.10. The zero-order valence-electron chi connectivity index (χ0n) is 6.11. The van der Waals surface area contributed by atoms with E-state index in [4.69, 9.17) is 0 Å². The van der Waals surface area contributed by atoms with Crippen LogP contribution in [0.1, 0.15) is 19.3 Å². The molecule has 9 heavy (non-hydrogen) atoms. The summed E-state index contributed by atoms with van der Waals surface area (Å²) in [4.78, 5) is 0. The van der Waals surface area contributed by atoms with Crippen LogP contribution in [0, 0.1) is 0 Å². The van der Waals surface area contributed by atoms with Crippen LogP contribution in [0.25, 0.3) is 0 Å². The molecule has 0 saturated carbocycles. The largest absolute Gasteiger partial charge is 0.317 e. The minimum absolute atomic E-state index is 1.25. The van der Waals surface area contributed by atoms with Gasteiger partial charge in [-0.15, -0.1) is 0 Å². The summed E-state index contributed by atoms with van der Waals surface area (Å²) in [6.45, 7) is 2.50. The van der Waals surface area contributed by atoms with E-state index in [2.05, 4.69) is 16.6 Å². The monoisotopic (exact) mass is 131 g/mol. The molecule has 56 valence electrons. The predicted molar refractivity (Wildman–Crippen MR) is 40.0 cm³/mol. The van der Waals surface area contributed by atoms with Crippen molar-refractivity contribution in [3.8, 4) is 0 Å². The molecule has 0 aromatic heterocycles. The van der Waals surface area contributed by atoms with Gasteiger partial charge in [0.15, 0.2) is 0 Å². The van der Waals surface area contributed by atoms with E-state index in [0.29, 0.717) is 0 Å². The van der Waals surface area contributed by atoms with E-state index in [1.165, 1.54) is 32.4 Å². The van der Waals surface area contributed by atoms with Crippen LogP contribution in [0.15, 0.2) is 0 Å². The van der Waals surface area contributed by atoms with Gasteiger partial charge in [0.1, 0.15) is 0 Å². The fourth-order valence-electron chi connectivity index (χ4n) is 0.802. The molecule has 0 aromatic carbocycles. The summed E-state index contributed by atoms with van der Waals surface area (Å²) in [5.74, 6) is 4.60. The number of hydrogen-bond acceptors (Lipinski definition) is 3. The summed E-state index contributed by atoms with van der Waals surface area (Å²) in [6.07, 6.45) is 4.22. The van der Waals surface area contributed by atoms with Crippen molar-refractivity contribution in [3.63, 3.8) is 0 Å². The second-order valence-electron chi connectivity index (χ2n) is 2.10. The number of rotatable bonds is 0. The van der Waals surface area contributed by atoms with E-state index in [1.807, 2.05) is 0 Å². The zero-order valence-corrected chi connectivity index (χ0v) is 6.11. The van der Waals surface area contributed by atoms with Crippen LogP contribution in [0.4, 0.5) is 0 Å². The number of piperidine rings is 1. The summed E-state index contributed by atoms with van der Waals surface area (Å²) in [5.41, 5.74) is 2.25. The predicted octanol–water partition coefficient (Wildman–Crippen LogP) is -0.161. The van der Waals surface area contributed by atoms with Crippen LogP contribution in [0.3, 0.4) is 0 Å². The maximum absolute atomic E-state index is 4.60. The van der Waals surface area contributed by atoms with Crippen molar-refractivity contribution in [1.82, 2.24) is 10.7 Å². The highest BCUT2D eigenvalue weighted by Gasteiger charge is 1.93. The van der Waals surface area contributed by atoms with Gasteiger partial charge in [0.25, 0.3) is 0 Å². The molecule has 0 aliphatic carbocycles. The van der Waals surface area contributed by atoms with Crippen LogP contribution in [0.5, 0.6) is 0 Å². The molecule has 0 atom stereocenters. The van der Waals surface area contributed by atoms with Gasteiger partial charge in [0, 0.05) is 0 Å². The maximum Gasteiger partial charge on any atom is -0.00172 e. The fourth-order valence-corrected chi connectivity index (χ4v) is 0.802. The first-order chi connectivity index (χ1) is 4.41. The fraction of sp³-hybridized carbons (Fsp3) is 1.00. The smallest absolute Gasteiger partial charge is 0.00172 e. The highest BCUT2D eigenvalue weighted by molar-refractivity contribution is 4.55. The Bertz CT molecular complexity index is 32.1. The SMILES string of the molecule is C1CCNCC1.CNN. The summed E-state index contributed by atoms with van der Waals surface area (Å²) in [7, 11) is 1.65. The first-order valence-corrected chi connectivity index (χ1v) is 3.50. The Morgan fingerprint density at radius 2 is 1.67 bits per heavy atom. The first kappa shape index (κ1) is 8.88. The van der Waals surface area contributed by atoms with E-state index < -0.39 is 0 Å². The molecule has 4 N–H and O–H groups in total. The molecule has 0 spiro atoms. The van der Waals surface area contributed by atoms with Crippen LogP contribution in [0.2, 0.25) is 0 Å². The van der Waals surface area contributed by atoms with Gasteiger partial charge in [-0.3, -0.25) is 11.3 Å². The maximum atomic E-state index is 4.60. The average Bonchev–Trinajstić information content (AvgIpc) is 1.93. The van der Waals surface area contributed by atoms with Gasteiger partial charge in [-0.1, -0.05) is 6.42 Å². The Kier molecular flexibility index (Phi) is 7.77. The molecule has 1 rings (SSSR count). The minimum atomic E-state index is 1.25. The first-order valence-electron chi connectivity index (χ1n) is 3.50. The molecule has 0 unspecified atom stereocenters. The van der Waals surface area contributed by atoms with Gasteiger partial charge in [-0.25, -0.2) is 0 Å². The third-order valence-corrected chi connectivity index (χ3v) is 1.21. The molecular formula is C6H17N3. The molecule has 1 aliphatic rings. The summed E-state index contributed by atoms with van der Waals surface area (Å²) >= 11 is 0. The topological polar surface area (TPSA) is 50.1 Å². The molecule has 1 fully saturated rings.